The Balaban J connectivity index is 2.20. The number of aliphatic hydroxyl groups is 1. The highest BCUT2D eigenvalue weighted by Crippen LogP contribution is 2.38. The van der Waals surface area contributed by atoms with Gasteiger partial charge in [0.2, 0.25) is 5.88 Å². The Morgan fingerprint density at radius 1 is 1.50 bits per heavy atom. The zero-order valence-corrected chi connectivity index (χ0v) is 8.58. The number of methoxy groups -OCH3 is 1. The lowest BCUT2D eigenvalue weighted by atomic mass is 10.1. The fraction of sp³-hybridized carbons (Fsp3) is 0.545. The molecule has 3 nitrogen and oxygen atoms in total. The normalized spacial score (nSPS) is 17.9. The molecule has 14 heavy (non-hydrogen) atoms. The van der Waals surface area contributed by atoms with Crippen molar-refractivity contribution in [3.05, 3.63) is 23.4 Å². The number of nitrogens with zero attached hydrogens (tertiary/aromatic N) is 1. The lowest BCUT2D eigenvalue weighted by Gasteiger charge is -2.09. The molecule has 0 bridgehead atoms. The first kappa shape index (κ1) is 9.46. The van der Waals surface area contributed by atoms with E-state index in [0.29, 0.717) is 12.3 Å². The third-order valence-corrected chi connectivity index (χ3v) is 2.56. The molecule has 1 aliphatic rings. The second kappa shape index (κ2) is 3.24. The van der Waals surface area contributed by atoms with Gasteiger partial charge in [-0.05, 0) is 31.4 Å². The zero-order valence-electron chi connectivity index (χ0n) is 8.58. The molecule has 1 aromatic rings. The summed E-state index contributed by atoms with van der Waals surface area (Å²) in [5.41, 5.74) is 1.59. The van der Waals surface area contributed by atoms with Gasteiger partial charge < -0.3 is 9.84 Å². The summed E-state index contributed by atoms with van der Waals surface area (Å²) >= 11 is 0. The summed E-state index contributed by atoms with van der Waals surface area (Å²) in [5, 5.41) is 9.78. The van der Waals surface area contributed by atoms with Gasteiger partial charge in [0.1, 0.15) is 0 Å². The maximum atomic E-state index is 9.78. The average Bonchev–Trinajstić information content (AvgIpc) is 2.82. The number of aromatic nitrogens is 1. The first-order valence-corrected chi connectivity index (χ1v) is 4.85. The monoisotopic (exact) mass is 193 g/mol. The van der Waals surface area contributed by atoms with E-state index in [4.69, 9.17) is 4.74 Å². The fourth-order valence-electron chi connectivity index (χ4n) is 1.61. The van der Waals surface area contributed by atoms with E-state index in [1.165, 1.54) is 0 Å². The Bertz CT molecular complexity index is 345. The highest BCUT2D eigenvalue weighted by atomic mass is 16.5. The maximum Gasteiger partial charge on any atom is 0.213 e. The predicted octanol–water partition coefficient (Wildman–Crippen LogP) is 1.47. The Morgan fingerprint density at radius 2 is 2.21 bits per heavy atom. The molecule has 1 N–H and O–H groups in total. The summed E-state index contributed by atoms with van der Waals surface area (Å²) in [7, 11) is 1.61. The van der Waals surface area contributed by atoms with Crippen molar-refractivity contribution in [2.24, 2.45) is 0 Å². The van der Waals surface area contributed by atoms with Gasteiger partial charge in [0.05, 0.1) is 12.7 Å². The summed E-state index contributed by atoms with van der Waals surface area (Å²) in [5.74, 6) is 0.629. The maximum absolute atomic E-state index is 9.78. The summed E-state index contributed by atoms with van der Waals surface area (Å²) < 4.78 is 5.08. The van der Waals surface area contributed by atoms with Crippen LogP contribution in [0.25, 0.3) is 0 Å². The molecule has 0 saturated heterocycles. The SMILES string of the molecule is COc1cc(CC2(O)CC2)cc(C)n1. The molecule has 0 unspecified atom stereocenters. The van der Waals surface area contributed by atoms with Gasteiger partial charge >= 0.3 is 0 Å². The predicted molar refractivity (Wildman–Crippen MR) is 53.4 cm³/mol. The van der Waals surface area contributed by atoms with Crippen LogP contribution in [-0.2, 0) is 6.42 Å². The van der Waals surface area contributed by atoms with Gasteiger partial charge in [-0.25, -0.2) is 4.98 Å². The van der Waals surface area contributed by atoms with Crippen molar-refractivity contribution in [2.45, 2.75) is 31.8 Å². The van der Waals surface area contributed by atoms with E-state index >= 15 is 0 Å². The van der Waals surface area contributed by atoms with E-state index in [9.17, 15) is 5.11 Å². The first-order valence-electron chi connectivity index (χ1n) is 4.85. The minimum atomic E-state index is -0.446. The molecule has 1 fully saturated rings. The van der Waals surface area contributed by atoms with Crippen molar-refractivity contribution < 1.29 is 9.84 Å². The van der Waals surface area contributed by atoms with Crippen molar-refractivity contribution in [3.8, 4) is 5.88 Å². The van der Waals surface area contributed by atoms with Crippen LogP contribution in [0.3, 0.4) is 0 Å². The van der Waals surface area contributed by atoms with E-state index in [1.807, 2.05) is 19.1 Å². The van der Waals surface area contributed by atoms with Gasteiger partial charge in [-0.1, -0.05) is 0 Å². The molecule has 0 aliphatic heterocycles. The minimum Gasteiger partial charge on any atom is -0.481 e. The molecule has 1 heterocycles. The number of hydrogen-bond acceptors (Lipinski definition) is 3. The van der Waals surface area contributed by atoms with Crippen molar-refractivity contribution in [2.75, 3.05) is 7.11 Å². The topological polar surface area (TPSA) is 42.4 Å². The molecule has 1 saturated carbocycles. The van der Waals surface area contributed by atoms with Crippen LogP contribution < -0.4 is 4.74 Å². The molecule has 2 rings (SSSR count). The van der Waals surface area contributed by atoms with Gasteiger partial charge in [0.25, 0.3) is 0 Å². The van der Waals surface area contributed by atoms with Gasteiger partial charge in [-0.3, -0.25) is 0 Å². The number of ether oxygens (including phenoxy) is 1. The molecular formula is C11H15NO2. The van der Waals surface area contributed by atoms with Crippen molar-refractivity contribution in [1.29, 1.82) is 0 Å². The van der Waals surface area contributed by atoms with Gasteiger partial charge in [-0.15, -0.1) is 0 Å². The lowest BCUT2D eigenvalue weighted by molar-refractivity contribution is 0.151. The van der Waals surface area contributed by atoms with E-state index in [1.54, 1.807) is 7.11 Å². The summed E-state index contributed by atoms with van der Waals surface area (Å²) in [4.78, 5) is 4.20. The zero-order chi connectivity index (χ0) is 10.2. The van der Waals surface area contributed by atoms with Crippen molar-refractivity contribution in [1.82, 2.24) is 4.98 Å². The molecule has 0 atom stereocenters. The second-order valence-electron chi connectivity index (χ2n) is 4.06. The Labute approximate surface area is 83.7 Å². The minimum absolute atomic E-state index is 0.446. The summed E-state index contributed by atoms with van der Waals surface area (Å²) in [6.07, 6.45) is 2.54. The molecule has 0 spiro atoms. The smallest absolute Gasteiger partial charge is 0.213 e. The van der Waals surface area contributed by atoms with E-state index in [0.717, 1.165) is 24.1 Å². The highest BCUT2D eigenvalue weighted by Gasteiger charge is 2.40. The Hall–Kier alpha value is -1.09. The van der Waals surface area contributed by atoms with Crippen molar-refractivity contribution >= 4 is 0 Å². The quantitative estimate of drug-likeness (QED) is 0.790. The highest BCUT2D eigenvalue weighted by molar-refractivity contribution is 5.27. The molecule has 0 aromatic carbocycles. The lowest BCUT2D eigenvalue weighted by Crippen LogP contribution is -2.11. The van der Waals surface area contributed by atoms with Crippen LogP contribution in [-0.4, -0.2) is 22.8 Å². The third kappa shape index (κ3) is 2.04. The number of aryl methyl sites for hydroxylation is 1. The van der Waals surface area contributed by atoms with Crippen LogP contribution in [0.5, 0.6) is 5.88 Å². The summed E-state index contributed by atoms with van der Waals surface area (Å²) in [6, 6.07) is 3.89. The number of pyridine rings is 1. The number of rotatable bonds is 3. The van der Waals surface area contributed by atoms with Crippen LogP contribution in [0.2, 0.25) is 0 Å². The molecule has 1 aliphatic carbocycles. The van der Waals surface area contributed by atoms with E-state index in [2.05, 4.69) is 4.98 Å². The fourth-order valence-corrected chi connectivity index (χ4v) is 1.61. The largest absolute Gasteiger partial charge is 0.481 e. The molecule has 1 aromatic heterocycles. The van der Waals surface area contributed by atoms with Gasteiger partial charge in [-0.2, -0.15) is 0 Å². The van der Waals surface area contributed by atoms with E-state index in [-0.39, 0.29) is 0 Å². The van der Waals surface area contributed by atoms with E-state index < -0.39 is 5.60 Å². The number of hydrogen-bond donors (Lipinski definition) is 1. The molecular weight excluding hydrogens is 178 g/mol. The van der Waals surface area contributed by atoms with Crippen LogP contribution in [0.1, 0.15) is 24.1 Å². The van der Waals surface area contributed by atoms with Crippen LogP contribution in [0.4, 0.5) is 0 Å². The molecule has 0 amide bonds. The van der Waals surface area contributed by atoms with Crippen molar-refractivity contribution in [3.63, 3.8) is 0 Å². The van der Waals surface area contributed by atoms with Crippen LogP contribution in [0.15, 0.2) is 12.1 Å². The Morgan fingerprint density at radius 3 is 2.79 bits per heavy atom. The van der Waals surface area contributed by atoms with Gasteiger partial charge in [0.15, 0.2) is 0 Å². The second-order valence-corrected chi connectivity index (χ2v) is 4.06. The Kier molecular flexibility index (Phi) is 2.19. The molecule has 76 valence electrons. The summed E-state index contributed by atoms with van der Waals surface area (Å²) in [6.45, 7) is 1.93. The van der Waals surface area contributed by atoms with Crippen LogP contribution >= 0.6 is 0 Å². The third-order valence-electron chi connectivity index (χ3n) is 2.56. The first-order chi connectivity index (χ1) is 6.61. The average molecular weight is 193 g/mol. The molecule has 3 heteroatoms. The van der Waals surface area contributed by atoms with Gasteiger partial charge in [0, 0.05) is 18.2 Å². The molecule has 0 radical (unpaired) electrons. The standard InChI is InChI=1S/C11H15NO2/c1-8-5-9(6-10(12-8)14-2)7-11(13)3-4-11/h5-6,13H,3-4,7H2,1-2H3. The van der Waals surface area contributed by atoms with Crippen LogP contribution in [0, 0.1) is 6.92 Å².